The predicted octanol–water partition coefficient (Wildman–Crippen LogP) is 4.01. The maximum atomic E-state index is 5.75. The van der Waals surface area contributed by atoms with Crippen molar-refractivity contribution in [2.24, 2.45) is 0 Å². The first kappa shape index (κ1) is 15.1. The fourth-order valence-corrected chi connectivity index (χ4v) is 2.53. The van der Waals surface area contributed by atoms with E-state index in [-0.39, 0.29) is 6.61 Å². The number of aryl methyl sites for hydroxylation is 1. The van der Waals surface area contributed by atoms with Crippen LogP contribution in [0, 0.1) is 6.92 Å². The van der Waals surface area contributed by atoms with Crippen molar-refractivity contribution in [3.8, 4) is 28.4 Å². The van der Waals surface area contributed by atoms with Crippen LogP contribution < -0.4 is 4.74 Å². The van der Waals surface area contributed by atoms with Crippen LogP contribution in [0.3, 0.4) is 0 Å². The molecule has 0 aliphatic heterocycles. The number of hydrogen-bond donors (Lipinski definition) is 1. The SMILES string of the molecule is Cc1ccccc1OCc1nc(-c2cccc(-c3ccn[nH]3)c2)no1. The van der Waals surface area contributed by atoms with Crippen molar-refractivity contribution in [1.29, 1.82) is 0 Å². The quantitative estimate of drug-likeness (QED) is 0.597. The molecule has 2 heterocycles. The van der Waals surface area contributed by atoms with Crippen molar-refractivity contribution in [2.45, 2.75) is 13.5 Å². The van der Waals surface area contributed by atoms with Gasteiger partial charge in [0.15, 0.2) is 6.61 Å². The van der Waals surface area contributed by atoms with Crippen LogP contribution >= 0.6 is 0 Å². The molecule has 124 valence electrons. The van der Waals surface area contributed by atoms with Gasteiger partial charge in [0.2, 0.25) is 5.82 Å². The van der Waals surface area contributed by atoms with Gasteiger partial charge >= 0.3 is 0 Å². The number of benzene rings is 2. The van der Waals surface area contributed by atoms with E-state index < -0.39 is 0 Å². The third kappa shape index (κ3) is 3.28. The van der Waals surface area contributed by atoms with Crippen LogP contribution in [-0.2, 0) is 6.61 Å². The summed E-state index contributed by atoms with van der Waals surface area (Å²) in [7, 11) is 0. The molecule has 4 aromatic rings. The van der Waals surface area contributed by atoms with E-state index in [1.54, 1.807) is 6.20 Å². The van der Waals surface area contributed by atoms with Gasteiger partial charge in [-0.25, -0.2) is 0 Å². The summed E-state index contributed by atoms with van der Waals surface area (Å²) in [6, 6.07) is 17.6. The lowest BCUT2D eigenvalue weighted by atomic mass is 10.1. The molecule has 25 heavy (non-hydrogen) atoms. The van der Waals surface area contributed by atoms with Gasteiger partial charge in [-0.05, 0) is 30.7 Å². The second-order valence-electron chi connectivity index (χ2n) is 5.62. The summed E-state index contributed by atoms with van der Waals surface area (Å²) in [5, 5.41) is 11.0. The molecule has 2 aromatic heterocycles. The lowest BCUT2D eigenvalue weighted by Crippen LogP contribution is -1.97. The standard InChI is InChI=1S/C19H16N4O2/c1-13-5-2-3-8-17(13)24-12-18-21-19(23-25-18)15-7-4-6-14(11-15)16-9-10-20-22-16/h2-11H,12H2,1H3,(H,20,22). The fourth-order valence-electron chi connectivity index (χ4n) is 2.53. The average Bonchev–Trinajstić information content (AvgIpc) is 3.33. The zero-order valence-electron chi connectivity index (χ0n) is 13.6. The topological polar surface area (TPSA) is 76.8 Å². The molecule has 6 heteroatoms. The van der Waals surface area contributed by atoms with Crippen molar-refractivity contribution in [1.82, 2.24) is 20.3 Å². The first-order valence-corrected chi connectivity index (χ1v) is 7.91. The normalized spacial score (nSPS) is 10.8. The van der Waals surface area contributed by atoms with Gasteiger partial charge in [0.05, 0.1) is 5.69 Å². The summed E-state index contributed by atoms with van der Waals surface area (Å²) in [6.07, 6.45) is 1.72. The van der Waals surface area contributed by atoms with Crippen molar-refractivity contribution in [3.63, 3.8) is 0 Å². The van der Waals surface area contributed by atoms with Gasteiger partial charge in [0.1, 0.15) is 5.75 Å². The van der Waals surface area contributed by atoms with Gasteiger partial charge in [0, 0.05) is 17.3 Å². The molecule has 0 spiro atoms. The van der Waals surface area contributed by atoms with Crippen molar-refractivity contribution in [2.75, 3.05) is 0 Å². The number of nitrogens with one attached hydrogen (secondary N) is 1. The van der Waals surface area contributed by atoms with Crippen LogP contribution in [0.2, 0.25) is 0 Å². The van der Waals surface area contributed by atoms with Gasteiger partial charge in [-0.1, -0.05) is 41.6 Å². The summed E-state index contributed by atoms with van der Waals surface area (Å²) in [4.78, 5) is 4.42. The number of para-hydroxylation sites is 1. The molecule has 0 saturated heterocycles. The van der Waals surface area contributed by atoms with Gasteiger partial charge in [0.25, 0.3) is 5.89 Å². The van der Waals surface area contributed by atoms with Crippen LogP contribution in [-0.4, -0.2) is 20.3 Å². The molecule has 0 atom stereocenters. The number of hydrogen-bond acceptors (Lipinski definition) is 5. The summed E-state index contributed by atoms with van der Waals surface area (Å²) in [5.41, 5.74) is 3.89. The maximum Gasteiger partial charge on any atom is 0.264 e. The van der Waals surface area contributed by atoms with E-state index in [4.69, 9.17) is 9.26 Å². The maximum absolute atomic E-state index is 5.75. The highest BCUT2D eigenvalue weighted by atomic mass is 16.5. The Balaban J connectivity index is 1.52. The first-order valence-electron chi connectivity index (χ1n) is 7.91. The molecule has 0 saturated carbocycles. The molecule has 0 amide bonds. The zero-order chi connectivity index (χ0) is 17.1. The molecule has 0 aliphatic rings. The van der Waals surface area contributed by atoms with Crippen molar-refractivity contribution >= 4 is 0 Å². The average molecular weight is 332 g/mol. The minimum Gasteiger partial charge on any atom is -0.483 e. The number of nitrogens with zero attached hydrogens (tertiary/aromatic N) is 3. The fraction of sp³-hybridized carbons (Fsp3) is 0.105. The highest BCUT2D eigenvalue weighted by Gasteiger charge is 2.11. The third-order valence-corrected chi connectivity index (χ3v) is 3.85. The Bertz CT molecular complexity index is 977. The molecular weight excluding hydrogens is 316 g/mol. The van der Waals surface area contributed by atoms with E-state index >= 15 is 0 Å². The lowest BCUT2D eigenvalue weighted by molar-refractivity contribution is 0.242. The minimum atomic E-state index is 0.234. The largest absolute Gasteiger partial charge is 0.483 e. The minimum absolute atomic E-state index is 0.234. The summed E-state index contributed by atoms with van der Waals surface area (Å²) in [6.45, 7) is 2.23. The number of ether oxygens (including phenoxy) is 1. The smallest absolute Gasteiger partial charge is 0.264 e. The van der Waals surface area contributed by atoms with Gasteiger partial charge in [-0.3, -0.25) is 5.10 Å². The number of H-pyrrole nitrogens is 1. The Kier molecular flexibility index (Phi) is 4.00. The van der Waals surface area contributed by atoms with Crippen LogP contribution in [0.25, 0.3) is 22.6 Å². The number of aromatic nitrogens is 4. The van der Waals surface area contributed by atoms with Gasteiger partial charge in [-0.2, -0.15) is 10.1 Å². The summed E-state index contributed by atoms with van der Waals surface area (Å²) in [5.74, 6) is 1.78. The van der Waals surface area contributed by atoms with E-state index in [0.29, 0.717) is 11.7 Å². The van der Waals surface area contributed by atoms with E-state index in [0.717, 1.165) is 28.1 Å². The molecule has 6 nitrogen and oxygen atoms in total. The third-order valence-electron chi connectivity index (χ3n) is 3.85. The van der Waals surface area contributed by atoms with Crippen LogP contribution in [0.1, 0.15) is 11.5 Å². The molecule has 1 N–H and O–H groups in total. The molecule has 0 radical (unpaired) electrons. The Labute approximate surface area is 144 Å². The zero-order valence-corrected chi connectivity index (χ0v) is 13.6. The highest BCUT2D eigenvalue weighted by Crippen LogP contribution is 2.24. The monoisotopic (exact) mass is 332 g/mol. The Morgan fingerprint density at radius 2 is 1.92 bits per heavy atom. The molecule has 0 fully saturated rings. The Hall–Kier alpha value is -3.41. The highest BCUT2D eigenvalue weighted by molar-refractivity contribution is 5.67. The van der Waals surface area contributed by atoms with E-state index in [9.17, 15) is 0 Å². The van der Waals surface area contributed by atoms with Gasteiger partial charge < -0.3 is 9.26 Å². The lowest BCUT2D eigenvalue weighted by Gasteiger charge is -2.05. The van der Waals surface area contributed by atoms with Crippen LogP contribution in [0.4, 0.5) is 0 Å². The van der Waals surface area contributed by atoms with E-state index in [1.807, 2.05) is 61.5 Å². The second kappa shape index (κ2) is 6.60. The second-order valence-corrected chi connectivity index (χ2v) is 5.62. The molecule has 4 rings (SSSR count). The molecular formula is C19H16N4O2. The predicted molar refractivity (Wildman–Crippen MR) is 92.8 cm³/mol. The van der Waals surface area contributed by atoms with Gasteiger partial charge in [-0.15, -0.1) is 0 Å². The van der Waals surface area contributed by atoms with Crippen LogP contribution in [0.5, 0.6) is 5.75 Å². The van der Waals surface area contributed by atoms with Crippen molar-refractivity contribution < 1.29 is 9.26 Å². The molecule has 0 unspecified atom stereocenters. The molecule has 0 bridgehead atoms. The number of aromatic amines is 1. The van der Waals surface area contributed by atoms with E-state index in [1.165, 1.54) is 0 Å². The first-order chi connectivity index (χ1) is 12.3. The Morgan fingerprint density at radius 3 is 2.76 bits per heavy atom. The summed E-state index contributed by atoms with van der Waals surface area (Å²) >= 11 is 0. The van der Waals surface area contributed by atoms with Crippen molar-refractivity contribution in [3.05, 3.63) is 72.2 Å². The van der Waals surface area contributed by atoms with Crippen LogP contribution in [0.15, 0.2) is 65.3 Å². The Morgan fingerprint density at radius 1 is 1.04 bits per heavy atom. The van der Waals surface area contributed by atoms with E-state index in [2.05, 4.69) is 20.3 Å². The number of rotatable bonds is 5. The molecule has 2 aromatic carbocycles. The summed E-state index contributed by atoms with van der Waals surface area (Å²) < 4.78 is 11.1. The molecule has 0 aliphatic carbocycles.